The Kier molecular flexibility index (Phi) is 5.64. The minimum Gasteiger partial charge on any atom is -0.390 e. The zero-order valence-corrected chi connectivity index (χ0v) is 10.3. The molecule has 0 saturated heterocycles. The van der Waals surface area contributed by atoms with Crippen molar-refractivity contribution in [3.8, 4) is 6.07 Å². The third-order valence-corrected chi connectivity index (χ3v) is 2.37. The highest BCUT2D eigenvalue weighted by Gasteiger charge is 2.04. The Labute approximate surface area is 102 Å². The van der Waals surface area contributed by atoms with E-state index in [0.29, 0.717) is 25.2 Å². The first kappa shape index (κ1) is 13.7. The van der Waals surface area contributed by atoms with Gasteiger partial charge in [-0.25, -0.2) is 0 Å². The van der Waals surface area contributed by atoms with Gasteiger partial charge in [-0.2, -0.15) is 5.26 Å². The van der Waals surface area contributed by atoms with E-state index in [1.54, 1.807) is 12.1 Å². The molecule has 0 fully saturated rings. The molecule has 0 aliphatic rings. The fraction of sp³-hybridized carbons (Fsp3) is 0.462. The van der Waals surface area contributed by atoms with Gasteiger partial charge in [-0.3, -0.25) is 0 Å². The Morgan fingerprint density at radius 3 is 2.53 bits per heavy atom. The van der Waals surface area contributed by atoms with Gasteiger partial charge in [-0.15, -0.1) is 0 Å². The van der Waals surface area contributed by atoms with Gasteiger partial charge in [0.25, 0.3) is 0 Å². The summed E-state index contributed by atoms with van der Waals surface area (Å²) in [6.07, 6.45) is -0.358. The van der Waals surface area contributed by atoms with Crippen molar-refractivity contribution in [1.29, 1.82) is 5.26 Å². The van der Waals surface area contributed by atoms with E-state index < -0.39 is 0 Å². The molecule has 1 aromatic rings. The summed E-state index contributed by atoms with van der Waals surface area (Å²) in [5, 5.41) is 21.5. The Bertz CT molecular complexity index is 367. The predicted octanol–water partition coefficient (Wildman–Crippen LogP) is 0.570. The molecule has 2 N–H and O–H groups in total. The van der Waals surface area contributed by atoms with Gasteiger partial charge < -0.3 is 15.3 Å². The van der Waals surface area contributed by atoms with Gasteiger partial charge in [-0.1, -0.05) is 12.1 Å². The Balaban J connectivity index is 2.28. The van der Waals surface area contributed by atoms with Gasteiger partial charge in [0.1, 0.15) is 0 Å². The summed E-state index contributed by atoms with van der Waals surface area (Å²) >= 11 is 0. The highest BCUT2D eigenvalue weighted by molar-refractivity contribution is 5.31. The van der Waals surface area contributed by atoms with Crippen LogP contribution in [0.1, 0.15) is 11.1 Å². The SMILES string of the molecule is CN(C)CC(O)CNCc1ccc(C#N)cc1. The van der Waals surface area contributed by atoms with Crippen LogP contribution in [0, 0.1) is 11.3 Å². The molecule has 0 spiro atoms. The molecule has 4 nitrogen and oxygen atoms in total. The van der Waals surface area contributed by atoms with E-state index in [9.17, 15) is 5.11 Å². The summed E-state index contributed by atoms with van der Waals surface area (Å²) in [7, 11) is 3.87. The van der Waals surface area contributed by atoms with Gasteiger partial charge in [0.15, 0.2) is 0 Å². The number of nitrogens with one attached hydrogen (secondary N) is 1. The zero-order chi connectivity index (χ0) is 12.7. The molecule has 0 radical (unpaired) electrons. The topological polar surface area (TPSA) is 59.3 Å². The lowest BCUT2D eigenvalue weighted by atomic mass is 10.1. The third-order valence-electron chi connectivity index (χ3n) is 2.37. The second kappa shape index (κ2) is 7.02. The van der Waals surface area contributed by atoms with Crippen LogP contribution in [0.15, 0.2) is 24.3 Å². The van der Waals surface area contributed by atoms with Crippen LogP contribution in [0.2, 0.25) is 0 Å². The van der Waals surface area contributed by atoms with Crippen LogP contribution >= 0.6 is 0 Å². The lowest BCUT2D eigenvalue weighted by Gasteiger charge is -2.16. The molecule has 1 aromatic carbocycles. The minimum absolute atomic E-state index is 0.358. The summed E-state index contributed by atoms with van der Waals surface area (Å²) in [6, 6.07) is 9.52. The molecule has 0 bridgehead atoms. The lowest BCUT2D eigenvalue weighted by Crippen LogP contribution is -2.34. The van der Waals surface area contributed by atoms with Crippen molar-refractivity contribution in [3.05, 3.63) is 35.4 Å². The largest absolute Gasteiger partial charge is 0.390 e. The molecule has 0 saturated carbocycles. The monoisotopic (exact) mass is 233 g/mol. The molecule has 0 aromatic heterocycles. The molecule has 17 heavy (non-hydrogen) atoms. The number of aliphatic hydroxyl groups excluding tert-OH is 1. The Morgan fingerprint density at radius 2 is 2.00 bits per heavy atom. The number of rotatable bonds is 6. The number of nitriles is 1. The first-order valence-electron chi connectivity index (χ1n) is 5.64. The fourth-order valence-corrected chi connectivity index (χ4v) is 1.57. The lowest BCUT2D eigenvalue weighted by molar-refractivity contribution is 0.134. The van der Waals surface area contributed by atoms with E-state index >= 15 is 0 Å². The van der Waals surface area contributed by atoms with Crippen LogP contribution in [-0.2, 0) is 6.54 Å². The molecule has 92 valence electrons. The smallest absolute Gasteiger partial charge is 0.0991 e. The molecule has 0 amide bonds. The van der Waals surface area contributed by atoms with E-state index in [-0.39, 0.29) is 6.10 Å². The molecular formula is C13H19N3O. The molecule has 1 atom stereocenters. The molecule has 4 heteroatoms. The zero-order valence-electron chi connectivity index (χ0n) is 10.3. The second-order valence-electron chi connectivity index (χ2n) is 4.36. The predicted molar refractivity (Wildman–Crippen MR) is 67.4 cm³/mol. The number of aliphatic hydroxyl groups is 1. The van der Waals surface area contributed by atoms with E-state index in [2.05, 4.69) is 11.4 Å². The van der Waals surface area contributed by atoms with Crippen molar-refractivity contribution in [2.75, 3.05) is 27.2 Å². The summed E-state index contributed by atoms with van der Waals surface area (Å²) < 4.78 is 0. The summed E-state index contributed by atoms with van der Waals surface area (Å²) in [5.74, 6) is 0. The maximum absolute atomic E-state index is 9.63. The maximum Gasteiger partial charge on any atom is 0.0991 e. The van der Waals surface area contributed by atoms with Gasteiger partial charge in [0.05, 0.1) is 17.7 Å². The van der Waals surface area contributed by atoms with E-state index in [4.69, 9.17) is 5.26 Å². The van der Waals surface area contributed by atoms with E-state index in [1.165, 1.54) is 0 Å². The van der Waals surface area contributed by atoms with Crippen LogP contribution in [0.5, 0.6) is 0 Å². The second-order valence-corrected chi connectivity index (χ2v) is 4.36. The summed E-state index contributed by atoms with van der Waals surface area (Å²) in [4.78, 5) is 1.95. The average molecular weight is 233 g/mol. The first-order valence-corrected chi connectivity index (χ1v) is 5.64. The van der Waals surface area contributed by atoms with Crippen LogP contribution < -0.4 is 5.32 Å². The number of hydrogen-bond acceptors (Lipinski definition) is 4. The normalized spacial score (nSPS) is 12.4. The molecule has 0 aliphatic carbocycles. The van der Waals surface area contributed by atoms with Crippen molar-refractivity contribution >= 4 is 0 Å². The maximum atomic E-state index is 9.63. The number of likely N-dealkylation sites (N-methyl/N-ethyl adjacent to an activating group) is 1. The van der Waals surface area contributed by atoms with Crippen molar-refractivity contribution in [3.63, 3.8) is 0 Å². The third kappa shape index (κ3) is 5.45. The summed E-state index contributed by atoms with van der Waals surface area (Å²) in [6.45, 7) is 1.93. The van der Waals surface area contributed by atoms with Gasteiger partial charge in [-0.05, 0) is 31.8 Å². The van der Waals surface area contributed by atoms with E-state index in [0.717, 1.165) is 5.56 Å². The molecule has 1 unspecified atom stereocenters. The van der Waals surface area contributed by atoms with Gasteiger partial charge in [0.2, 0.25) is 0 Å². The van der Waals surface area contributed by atoms with Gasteiger partial charge in [0, 0.05) is 19.6 Å². The minimum atomic E-state index is -0.358. The fourth-order valence-electron chi connectivity index (χ4n) is 1.57. The standard InChI is InChI=1S/C13H19N3O/c1-16(2)10-13(17)9-15-8-12-5-3-11(7-14)4-6-12/h3-6,13,15,17H,8-10H2,1-2H3. The van der Waals surface area contributed by atoms with Crippen molar-refractivity contribution in [2.24, 2.45) is 0 Å². The van der Waals surface area contributed by atoms with E-state index in [1.807, 2.05) is 31.1 Å². The number of hydrogen-bond donors (Lipinski definition) is 2. The molecular weight excluding hydrogens is 214 g/mol. The molecule has 0 aliphatic heterocycles. The van der Waals surface area contributed by atoms with Crippen LogP contribution in [-0.4, -0.2) is 43.3 Å². The van der Waals surface area contributed by atoms with Crippen LogP contribution in [0.3, 0.4) is 0 Å². The Morgan fingerprint density at radius 1 is 1.35 bits per heavy atom. The number of benzene rings is 1. The quantitative estimate of drug-likeness (QED) is 0.754. The van der Waals surface area contributed by atoms with Crippen molar-refractivity contribution < 1.29 is 5.11 Å². The molecule has 0 heterocycles. The van der Waals surface area contributed by atoms with Crippen LogP contribution in [0.25, 0.3) is 0 Å². The van der Waals surface area contributed by atoms with Crippen molar-refractivity contribution in [2.45, 2.75) is 12.6 Å². The first-order chi connectivity index (χ1) is 8.11. The highest BCUT2D eigenvalue weighted by atomic mass is 16.3. The average Bonchev–Trinajstić information content (AvgIpc) is 2.29. The number of nitrogens with zero attached hydrogens (tertiary/aromatic N) is 2. The summed E-state index contributed by atoms with van der Waals surface area (Å²) in [5.41, 5.74) is 1.78. The highest BCUT2D eigenvalue weighted by Crippen LogP contribution is 2.02. The molecule has 1 rings (SSSR count). The van der Waals surface area contributed by atoms with Crippen molar-refractivity contribution in [1.82, 2.24) is 10.2 Å². The van der Waals surface area contributed by atoms with Crippen LogP contribution in [0.4, 0.5) is 0 Å². The Hall–Kier alpha value is -1.41. The van der Waals surface area contributed by atoms with Gasteiger partial charge >= 0.3 is 0 Å².